The normalized spacial score (nSPS) is 20.9. The van der Waals surface area contributed by atoms with Crippen molar-refractivity contribution in [3.63, 3.8) is 0 Å². The average molecular weight is 277 g/mol. The summed E-state index contributed by atoms with van der Waals surface area (Å²) in [5.74, 6) is 0.956. The van der Waals surface area contributed by atoms with Gasteiger partial charge in [0.25, 0.3) is 0 Å². The van der Waals surface area contributed by atoms with Crippen LogP contribution in [0.3, 0.4) is 0 Å². The molecule has 0 bridgehead atoms. The lowest BCUT2D eigenvalue weighted by molar-refractivity contribution is 0.125. The van der Waals surface area contributed by atoms with E-state index in [1.807, 2.05) is 25.1 Å². The quantitative estimate of drug-likeness (QED) is 0.382. The minimum absolute atomic E-state index is 0.126. The summed E-state index contributed by atoms with van der Waals surface area (Å²) in [5, 5.41) is 11.7. The molecule has 1 aromatic rings. The minimum Gasteiger partial charge on any atom is -0.492 e. The van der Waals surface area contributed by atoms with Crippen molar-refractivity contribution in [2.75, 3.05) is 20.2 Å². The molecular weight excluding hydrogens is 254 g/mol. The maximum absolute atomic E-state index is 8.71. The van der Waals surface area contributed by atoms with Crippen LogP contribution in [0.2, 0.25) is 0 Å². The molecule has 0 radical (unpaired) electrons. The number of likely N-dealkylation sites (N-methyl/N-ethyl adjacent to an activating group) is 1. The highest BCUT2D eigenvalue weighted by molar-refractivity contribution is 5.98. The molecule has 1 heterocycles. The Balaban J connectivity index is 1.98. The molecule has 1 unspecified atom stereocenters. The smallest absolute Gasteiger partial charge is 0.170 e. The first kappa shape index (κ1) is 14.7. The molecule has 3 N–H and O–H groups in total. The second kappa shape index (κ2) is 6.61. The molecule has 1 saturated heterocycles. The molecule has 1 aliphatic rings. The van der Waals surface area contributed by atoms with E-state index in [1.54, 1.807) is 0 Å². The zero-order valence-electron chi connectivity index (χ0n) is 12.2. The van der Waals surface area contributed by atoms with Gasteiger partial charge in [0.1, 0.15) is 12.4 Å². The van der Waals surface area contributed by atoms with Crippen LogP contribution >= 0.6 is 0 Å². The number of nitrogens with two attached hydrogens (primary N) is 1. The van der Waals surface area contributed by atoms with E-state index in [1.165, 1.54) is 19.3 Å². The SMILES string of the molecule is Cc1cc(OCC2CCCCN2C)ccc1/C(N)=N/O. The van der Waals surface area contributed by atoms with E-state index in [4.69, 9.17) is 15.7 Å². The largest absolute Gasteiger partial charge is 0.492 e. The molecule has 1 aromatic carbocycles. The van der Waals surface area contributed by atoms with Gasteiger partial charge in [0.2, 0.25) is 0 Å². The van der Waals surface area contributed by atoms with E-state index in [0.29, 0.717) is 12.6 Å². The summed E-state index contributed by atoms with van der Waals surface area (Å²) < 4.78 is 5.88. The first-order chi connectivity index (χ1) is 9.61. The number of rotatable bonds is 4. The Kier molecular flexibility index (Phi) is 4.84. The van der Waals surface area contributed by atoms with E-state index in [-0.39, 0.29) is 5.84 Å². The molecule has 110 valence electrons. The van der Waals surface area contributed by atoms with Crippen LogP contribution in [0, 0.1) is 6.92 Å². The Hall–Kier alpha value is -1.75. The molecule has 5 heteroatoms. The van der Waals surface area contributed by atoms with Crippen molar-refractivity contribution in [3.8, 4) is 5.75 Å². The second-order valence-electron chi connectivity index (χ2n) is 5.40. The molecule has 1 atom stereocenters. The maximum atomic E-state index is 8.71. The summed E-state index contributed by atoms with van der Waals surface area (Å²) in [5.41, 5.74) is 7.28. The molecule has 1 fully saturated rings. The molecular formula is C15H23N3O2. The Morgan fingerprint density at radius 3 is 2.95 bits per heavy atom. The summed E-state index contributed by atoms with van der Waals surface area (Å²) in [7, 11) is 2.15. The standard InChI is InChI=1S/C15H23N3O2/c1-11-9-13(6-7-14(11)15(16)17-19)20-10-12-5-3-4-8-18(12)2/h6-7,9,12,19H,3-5,8,10H2,1-2H3,(H2,16,17). The topological polar surface area (TPSA) is 71.1 Å². The zero-order chi connectivity index (χ0) is 14.5. The zero-order valence-corrected chi connectivity index (χ0v) is 12.2. The third-order valence-electron chi connectivity index (χ3n) is 3.95. The summed E-state index contributed by atoms with van der Waals surface area (Å²) in [6, 6.07) is 6.11. The molecule has 5 nitrogen and oxygen atoms in total. The molecule has 0 spiro atoms. The van der Waals surface area contributed by atoms with Crippen molar-refractivity contribution >= 4 is 5.84 Å². The van der Waals surface area contributed by atoms with Crippen molar-refractivity contribution in [1.29, 1.82) is 0 Å². The molecule has 1 aliphatic heterocycles. The Bertz CT molecular complexity index is 488. The minimum atomic E-state index is 0.126. The Morgan fingerprint density at radius 2 is 2.30 bits per heavy atom. The predicted molar refractivity (Wildman–Crippen MR) is 79.5 cm³/mol. The number of amidine groups is 1. The molecule has 0 aromatic heterocycles. The third kappa shape index (κ3) is 3.42. The van der Waals surface area contributed by atoms with Gasteiger partial charge in [-0.3, -0.25) is 0 Å². The number of likely N-dealkylation sites (tertiary alicyclic amines) is 1. The highest BCUT2D eigenvalue weighted by Crippen LogP contribution is 2.20. The lowest BCUT2D eigenvalue weighted by Crippen LogP contribution is -2.40. The van der Waals surface area contributed by atoms with Crippen LogP contribution in [0.15, 0.2) is 23.4 Å². The number of ether oxygens (including phenoxy) is 1. The molecule has 0 aliphatic carbocycles. The van der Waals surface area contributed by atoms with Crippen molar-refractivity contribution in [2.45, 2.75) is 32.2 Å². The van der Waals surface area contributed by atoms with Gasteiger partial charge in [0, 0.05) is 11.6 Å². The number of nitrogens with zero attached hydrogens (tertiary/aromatic N) is 2. The molecule has 20 heavy (non-hydrogen) atoms. The lowest BCUT2D eigenvalue weighted by atomic mass is 10.0. The van der Waals surface area contributed by atoms with Crippen LogP contribution < -0.4 is 10.5 Å². The number of hydrogen-bond acceptors (Lipinski definition) is 4. The van der Waals surface area contributed by atoms with Crippen LogP contribution in [0.25, 0.3) is 0 Å². The van der Waals surface area contributed by atoms with Crippen LogP contribution in [0.5, 0.6) is 5.75 Å². The number of benzene rings is 1. The van der Waals surface area contributed by atoms with Crippen molar-refractivity contribution in [2.24, 2.45) is 10.9 Å². The van der Waals surface area contributed by atoms with Crippen LogP contribution in [-0.2, 0) is 0 Å². The fourth-order valence-corrected chi connectivity index (χ4v) is 2.61. The summed E-state index contributed by atoms with van der Waals surface area (Å²) in [6.45, 7) is 3.78. The fraction of sp³-hybridized carbons (Fsp3) is 0.533. The van der Waals surface area contributed by atoms with Gasteiger partial charge in [-0.25, -0.2) is 0 Å². The maximum Gasteiger partial charge on any atom is 0.170 e. The van der Waals surface area contributed by atoms with Crippen molar-refractivity contribution in [3.05, 3.63) is 29.3 Å². The van der Waals surface area contributed by atoms with Gasteiger partial charge in [-0.15, -0.1) is 0 Å². The summed E-state index contributed by atoms with van der Waals surface area (Å²) >= 11 is 0. The van der Waals surface area contributed by atoms with Gasteiger partial charge < -0.3 is 20.6 Å². The van der Waals surface area contributed by atoms with Gasteiger partial charge in [0.05, 0.1) is 0 Å². The molecule has 0 saturated carbocycles. The fourth-order valence-electron chi connectivity index (χ4n) is 2.61. The number of hydrogen-bond donors (Lipinski definition) is 2. The Morgan fingerprint density at radius 1 is 1.50 bits per heavy atom. The lowest BCUT2D eigenvalue weighted by Gasteiger charge is -2.32. The van der Waals surface area contributed by atoms with Gasteiger partial charge in [0.15, 0.2) is 5.84 Å². The van der Waals surface area contributed by atoms with E-state index < -0.39 is 0 Å². The van der Waals surface area contributed by atoms with Gasteiger partial charge >= 0.3 is 0 Å². The van der Waals surface area contributed by atoms with Gasteiger partial charge in [-0.2, -0.15) is 0 Å². The third-order valence-corrected chi connectivity index (χ3v) is 3.95. The van der Waals surface area contributed by atoms with E-state index in [9.17, 15) is 0 Å². The van der Waals surface area contributed by atoms with Crippen LogP contribution in [0.4, 0.5) is 0 Å². The number of oxime groups is 1. The van der Waals surface area contributed by atoms with E-state index in [2.05, 4.69) is 17.1 Å². The first-order valence-corrected chi connectivity index (χ1v) is 7.03. The first-order valence-electron chi connectivity index (χ1n) is 7.03. The van der Waals surface area contributed by atoms with Gasteiger partial charge in [-0.05, 0) is 57.1 Å². The van der Waals surface area contributed by atoms with Crippen molar-refractivity contribution < 1.29 is 9.94 Å². The molecule has 0 amide bonds. The van der Waals surface area contributed by atoms with Crippen molar-refractivity contribution in [1.82, 2.24) is 4.90 Å². The number of aryl methyl sites for hydroxylation is 1. The average Bonchev–Trinajstić information content (AvgIpc) is 2.46. The van der Waals surface area contributed by atoms with Gasteiger partial charge in [-0.1, -0.05) is 11.6 Å². The predicted octanol–water partition coefficient (Wildman–Crippen LogP) is 1.95. The van der Waals surface area contributed by atoms with E-state index >= 15 is 0 Å². The Labute approximate surface area is 120 Å². The van der Waals surface area contributed by atoms with E-state index in [0.717, 1.165) is 23.4 Å². The highest BCUT2D eigenvalue weighted by atomic mass is 16.5. The van der Waals surface area contributed by atoms with Crippen LogP contribution in [0.1, 0.15) is 30.4 Å². The molecule has 2 rings (SSSR count). The summed E-state index contributed by atoms with van der Waals surface area (Å²) in [6.07, 6.45) is 3.75. The monoisotopic (exact) mass is 277 g/mol. The number of piperidine rings is 1. The highest BCUT2D eigenvalue weighted by Gasteiger charge is 2.19. The van der Waals surface area contributed by atoms with Crippen LogP contribution in [-0.4, -0.2) is 42.2 Å². The summed E-state index contributed by atoms with van der Waals surface area (Å²) in [4.78, 5) is 2.36. The second-order valence-corrected chi connectivity index (χ2v) is 5.40.